The summed E-state index contributed by atoms with van der Waals surface area (Å²) in [4.78, 5) is 4.53. The Morgan fingerprint density at radius 1 is 1.19 bits per heavy atom. The van der Waals surface area contributed by atoms with Crippen LogP contribution in [0.25, 0.3) is 0 Å². The Kier molecular flexibility index (Phi) is 3.80. The molecule has 0 amide bonds. The van der Waals surface area contributed by atoms with Gasteiger partial charge in [0.15, 0.2) is 11.5 Å². The number of aryl methyl sites for hydroxylation is 1. The Labute approximate surface area is 124 Å². The highest BCUT2D eigenvalue weighted by Gasteiger charge is 2.31. The number of hydrogen-bond donors (Lipinski definition) is 1. The molecule has 1 aliphatic rings. The number of aromatic nitrogens is 1. The number of ether oxygens (including phenoxy) is 2. The summed E-state index contributed by atoms with van der Waals surface area (Å²) in [5.41, 5.74) is 9.94. The zero-order chi connectivity index (χ0) is 14.8. The first kappa shape index (κ1) is 13.9. The van der Waals surface area contributed by atoms with Gasteiger partial charge in [-0.25, -0.2) is 0 Å². The maximum absolute atomic E-state index is 6.54. The monoisotopic (exact) mass is 284 g/mol. The lowest BCUT2D eigenvalue weighted by molar-refractivity contribution is 0.347. The van der Waals surface area contributed by atoms with Gasteiger partial charge < -0.3 is 15.2 Å². The van der Waals surface area contributed by atoms with Crippen molar-refractivity contribution in [3.05, 3.63) is 53.3 Å². The van der Waals surface area contributed by atoms with Gasteiger partial charge in [-0.05, 0) is 30.5 Å². The molecule has 1 aliphatic carbocycles. The van der Waals surface area contributed by atoms with Crippen LogP contribution in [0.5, 0.6) is 11.5 Å². The molecule has 3 rings (SSSR count). The summed E-state index contributed by atoms with van der Waals surface area (Å²) in [6.45, 7) is 0. The van der Waals surface area contributed by atoms with E-state index in [0.29, 0.717) is 5.75 Å². The predicted octanol–water partition coefficient (Wildman–Crippen LogP) is 2.83. The van der Waals surface area contributed by atoms with E-state index >= 15 is 0 Å². The van der Waals surface area contributed by atoms with E-state index in [1.807, 2.05) is 30.5 Å². The van der Waals surface area contributed by atoms with Gasteiger partial charge >= 0.3 is 0 Å². The van der Waals surface area contributed by atoms with Crippen LogP contribution in [0.1, 0.15) is 35.2 Å². The fourth-order valence-corrected chi connectivity index (χ4v) is 3.18. The van der Waals surface area contributed by atoms with Crippen LogP contribution in [0.4, 0.5) is 0 Å². The van der Waals surface area contributed by atoms with Crippen LogP contribution in [-0.2, 0) is 6.42 Å². The Bertz CT molecular complexity index is 642. The van der Waals surface area contributed by atoms with E-state index in [0.717, 1.165) is 29.8 Å². The van der Waals surface area contributed by atoms with Crippen LogP contribution >= 0.6 is 0 Å². The molecule has 110 valence electrons. The van der Waals surface area contributed by atoms with E-state index in [1.54, 1.807) is 14.2 Å². The van der Waals surface area contributed by atoms with Crippen molar-refractivity contribution in [2.24, 2.45) is 5.73 Å². The van der Waals surface area contributed by atoms with E-state index in [9.17, 15) is 0 Å². The molecule has 2 unspecified atom stereocenters. The van der Waals surface area contributed by atoms with E-state index in [4.69, 9.17) is 15.2 Å². The quantitative estimate of drug-likeness (QED) is 0.938. The molecule has 0 spiro atoms. The lowest BCUT2D eigenvalue weighted by Gasteiger charge is -2.23. The highest BCUT2D eigenvalue weighted by Crippen LogP contribution is 2.43. The van der Waals surface area contributed by atoms with Crippen molar-refractivity contribution >= 4 is 0 Å². The molecule has 1 aromatic carbocycles. The van der Waals surface area contributed by atoms with Gasteiger partial charge in [0.1, 0.15) is 0 Å². The molecule has 2 atom stereocenters. The van der Waals surface area contributed by atoms with E-state index in [2.05, 4.69) is 11.1 Å². The summed E-state index contributed by atoms with van der Waals surface area (Å²) >= 11 is 0. The van der Waals surface area contributed by atoms with E-state index in [-0.39, 0.29) is 12.0 Å². The number of methoxy groups -OCH3 is 2. The Morgan fingerprint density at radius 3 is 2.81 bits per heavy atom. The van der Waals surface area contributed by atoms with Crippen molar-refractivity contribution in [1.82, 2.24) is 4.98 Å². The number of nitrogens with two attached hydrogens (primary N) is 1. The molecule has 0 saturated carbocycles. The zero-order valence-corrected chi connectivity index (χ0v) is 12.4. The number of hydrogen-bond acceptors (Lipinski definition) is 4. The summed E-state index contributed by atoms with van der Waals surface area (Å²) < 4.78 is 10.9. The summed E-state index contributed by atoms with van der Waals surface area (Å²) in [7, 11) is 3.29. The number of pyridine rings is 1. The van der Waals surface area contributed by atoms with Gasteiger partial charge in [-0.15, -0.1) is 0 Å². The maximum Gasteiger partial charge on any atom is 0.165 e. The van der Waals surface area contributed by atoms with Gasteiger partial charge in [-0.1, -0.05) is 18.2 Å². The second-order valence-corrected chi connectivity index (χ2v) is 5.30. The van der Waals surface area contributed by atoms with Crippen LogP contribution in [0.15, 0.2) is 36.5 Å². The Balaban J connectivity index is 1.99. The molecule has 1 heterocycles. The first-order valence-electron chi connectivity index (χ1n) is 7.16. The Morgan fingerprint density at radius 2 is 2.05 bits per heavy atom. The molecule has 0 fully saturated rings. The molecular weight excluding hydrogens is 264 g/mol. The molecule has 2 N–H and O–H groups in total. The van der Waals surface area contributed by atoms with Gasteiger partial charge in [0.05, 0.1) is 14.2 Å². The largest absolute Gasteiger partial charge is 0.493 e. The van der Waals surface area contributed by atoms with Crippen molar-refractivity contribution in [3.8, 4) is 11.5 Å². The third kappa shape index (κ3) is 2.36. The zero-order valence-electron chi connectivity index (χ0n) is 12.4. The topological polar surface area (TPSA) is 57.4 Å². The third-order valence-corrected chi connectivity index (χ3v) is 4.23. The fourth-order valence-electron chi connectivity index (χ4n) is 3.18. The van der Waals surface area contributed by atoms with Gasteiger partial charge in [0, 0.05) is 29.4 Å². The highest BCUT2D eigenvalue weighted by molar-refractivity contribution is 5.49. The van der Waals surface area contributed by atoms with Crippen LogP contribution < -0.4 is 15.2 Å². The van der Waals surface area contributed by atoms with Gasteiger partial charge in [0.25, 0.3) is 0 Å². The van der Waals surface area contributed by atoms with E-state index < -0.39 is 0 Å². The normalized spacial score (nSPS) is 18.1. The minimum absolute atomic E-state index is 0.147. The van der Waals surface area contributed by atoms with Crippen LogP contribution in [-0.4, -0.2) is 19.2 Å². The average Bonchev–Trinajstić information content (AvgIpc) is 2.97. The maximum atomic E-state index is 6.54. The molecule has 2 aromatic rings. The molecular formula is C17H20N2O2. The van der Waals surface area contributed by atoms with E-state index in [1.165, 1.54) is 5.56 Å². The number of para-hydroxylation sites is 1. The standard InChI is InChI=1S/C17H20N2O2/c1-20-14-7-3-6-13(17(14)21-2)15(18)12-9-8-11-5-4-10-19-16(11)12/h3-7,10,12,15H,8-9,18H2,1-2H3. The van der Waals surface area contributed by atoms with Crippen molar-refractivity contribution in [1.29, 1.82) is 0 Å². The smallest absolute Gasteiger partial charge is 0.165 e. The average molecular weight is 284 g/mol. The van der Waals surface area contributed by atoms with Gasteiger partial charge in [-0.2, -0.15) is 0 Å². The molecule has 1 aromatic heterocycles. The minimum Gasteiger partial charge on any atom is -0.493 e. The molecule has 0 aliphatic heterocycles. The fraction of sp³-hybridized carbons (Fsp3) is 0.353. The van der Waals surface area contributed by atoms with Crippen molar-refractivity contribution in [3.63, 3.8) is 0 Å². The van der Waals surface area contributed by atoms with Gasteiger partial charge in [0.2, 0.25) is 0 Å². The summed E-state index contributed by atoms with van der Waals surface area (Å²) in [5.74, 6) is 1.66. The summed E-state index contributed by atoms with van der Waals surface area (Å²) in [6.07, 6.45) is 3.90. The first-order chi connectivity index (χ1) is 10.3. The van der Waals surface area contributed by atoms with Gasteiger partial charge in [-0.3, -0.25) is 4.98 Å². The van der Waals surface area contributed by atoms with Crippen LogP contribution in [0.2, 0.25) is 0 Å². The lowest BCUT2D eigenvalue weighted by Crippen LogP contribution is -2.19. The summed E-state index contributed by atoms with van der Waals surface area (Å²) in [6, 6.07) is 9.82. The van der Waals surface area contributed by atoms with Crippen molar-refractivity contribution < 1.29 is 9.47 Å². The number of benzene rings is 1. The van der Waals surface area contributed by atoms with Crippen molar-refractivity contribution in [2.75, 3.05) is 14.2 Å². The lowest BCUT2D eigenvalue weighted by atomic mass is 9.91. The molecule has 0 bridgehead atoms. The minimum atomic E-state index is -0.147. The highest BCUT2D eigenvalue weighted by atomic mass is 16.5. The molecule has 4 heteroatoms. The molecule has 0 saturated heterocycles. The Hall–Kier alpha value is -2.07. The second-order valence-electron chi connectivity index (χ2n) is 5.30. The molecule has 4 nitrogen and oxygen atoms in total. The number of fused-ring (bicyclic) bond motifs is 1. The predicted molar refractivity (Wildman–Crippen MR) is 81.8 cm³/mol. The van der Waals surface area contributed by atoms with Crippen molar-refractivity contribution in [2.45, 2.75) is 24.8 Å². The summed E-state index contributed by atoms with van der Waals surface area (Å²) in [5, 5.41) is 0. The SMILES string of the molecule is COc1cccc(C(N)C2CCc3cccnc32)c1OC. The number of rotatable bonds is 4. The van der Waals surface area contributed by atoms with Crippen LogP contribution in [0, 0.1) is 0 Å². The van der Waals surface area contributed by atoms with Crippen LogP contribution in [0.3, 0.4) is 0 Å². The first-order valence-corrected chi connectivity index (χ1v) is 7.16. The number of nitrogens with zero attached hydrogens (tertiary/aromatic N) is 1. The third-order valence-electron chi connectivity index (χ3n) is 4.23. The second kappa shape index (κ2) is 5.74. The molecule has 0 radical (unpaired) electrons. The molecule has 21 heavy (non-hydrogen) atoms.